The molecule has 56 valence electrons. The van der Waals surface area contributed by atoms with Crippen molar-refractivity contribution in [3.05, 3.63) is 18.2 Å². The molecule has 4 nitrogen and oxygen atoms in total. The van der Waals surface area contributed by atoms with Gasteiger partial charge in [0, 0.05) is 13.6 Å². The molecule has 1 rings (SSSR count). The van der Waals surface area contributed by atoms with Gasteiger partial charge in [0.25, 0.3) is 0 Å². The van der Waals surface area contributed by atoms with Gasteiger partial charge in [0.05, 0.1) is 18.2 Å². The van der Waals surface area contributed by atoms with Gasteiger partial charge in [-0.1, -0.05) is 0 Å². The Morgan fingerprint density at radius 3 is 3.00 bits per heavy atom. The first kappa shape index (κ1) is 7.24. The Hall–Kier alpha value is -0.870. The zero-order valence-electron chi connectivity index (χ0n) is 5.86. The molecule has 0 aromatic carbocycles. The van der Waals surface area contributed by atoms with E-state index in [2.05, 4.69) is 4.98 Å². The van der Waals surface area contributed by atoms with E-state index >= 15 is 0 Å². The quantitative estimate of drug-likeness (QED) is 0.578. The molecular formula is C6H11N3O. The van der Waals surface area contributed by atoms with Gasteiger partial charge in [-0.15, -0.1) is 0 Å². The van der Waals surface area contributed by atoms with Gasteiger partial charge >= 0.3 is 0 Å². The smallest absolute Gasteiger partial charge is 0.108 e. The van der Waals surface area contributed by atoms with Gasteiger partial charge in [0.2, 0.25) is 0 Å². The van der Waals surface area contributed by atoms with Gasteiger partial charge in [-0.05, 0) is 0 Å². The fourth-order valence-electron chi connectivity index (χ4n) is 0.809. The summed E-state index contributed by atoms with van der Waals surface area (Å²) in [4.78, 5) is 3.84. The lowest BCUT2D eigenvalue weighted by Crippen LogP contribution is -2.14. The van der Waals surface area contributed by atoms with Crippen LogP contribution in [0.4, 0.5) is 0 Å². The Bertz CT molecular complexity index is 209. The predicted octanol–water partition coefficient (Wildman–Crippen LogP) is -0.588. The molecule has 0 aliphatic heterocycles. The van der Waals surface area contributed by atoms with E-state index in [4.69, 9.17) is 5.73 Å². The fourth-order valence-corrected chi connectivity index (χ4v) is 0.809. The van der Waals surface area contributed by atoms with Crippen LogP contribution in [0.15, 0.2) is 12.5 Å². The molecule has 1 heterocycles. The van der Waals surface area contributed by atoms with Crippen molar-refractivity contribution in [1.82, 2.24) is 9.55 Å². The van der Waals surface area contributed by atoms with Crippen LogP contribution in [0.1, 0.15) is 11.8 Å². The molecule has 1 atom stereocenters. The number of nitrogens with zero attached hydrogens (tertiary/aromatic N) is 2. The van der Waals surface area contributed by atoms with Gasteiger partial charge in [-0.3, -0.25) is 0 Å². The van der Waals surface area contributed by atoms with Crippen molar-refractivity contribution in [2.24, 2.45) is 12.8 Å². The van der Waals surface area contributed by atoms with Crippen molar-refractivity contribution < 1.29 is 5.11 Å². The predicted molar refractivity (Wildman–Crippen MR) is 37.2 cm³/mol. The fraction of sp³-hybridized carbons (Fsp3) is 0.500. The number of imidazole rings is 1. The number of aliphatic hydroxyl groups excluding tert-OH is 1. The monoisotopic (exact) mass is 141 g/mol. The van der Waals surface area contributed by atoms with Crippen LogP contribution in [0.2, 0.25) is 0 Å². The molecule has 0 saturated heterocycles. The van der Waals surface area contributed by atoms with Crippen LogP contribution in [0.25, 0.3) is 0 Å². The molecule has 4 heteroatoms. The standard InChI is InChI=1S/C6H11N3O/c1-9-4-8-3-5(9)6(10)2-7/h3-4,6,10H,2,7H2,1H3/t6-/m0/s1. The van der Waals surface area contributed by atoms with Gasteiger partial charge in [0.15, 0.2) is 0 Å². The summed E-state index contributed by atoms with van der Waals surface area (Å²) in [6.45, 7) is 0.236. The summed E-state index contributed by atoms with van der Waals surface area (Å²) in [5.74, 6) is 0. The molecule has 0 amide bonds. The molecule has 0 bridgehead atoms. The molecule has 3 N–H and O–H groups in total. The second kappa shape index (κ2) is 2.81. The SMILES string of the molecule is Cn1cncc1[C@@H](O)CN. The maximum atomic E-state index is 9.21. The Balaban J connectivity index is 2.82. The van der Waals surface area contributed by atoms with E-state index in [1.807, 2.05) is 7.05 Å². The second-order valence-corrected chi connectivity index (χ2v) is 2.18. The lowest BCUT2D eigenvalue weighted by Gasteiger charge is -2.06. The average Bonchev–Trinajstić information content (AvgIpc) is 2.34. The zero-order valence-corrected chi connectivity index (χ0v) is 5.86. The lowest BCUT2D eigenvalue weighted by molar-refractivity contribution is 0.178. The van der Waals surface area contributed by atoms with Crippen LogP contribution in [0.5, 0.6) is 0 Å². The highest BCUT2D eigenvalue weighted by Gasteiger charge is 2.07. The minimum atomic E-state index is -0.590. The average molecular weight is 141 g/mol. The maximum absolute atomic E-state index is 9.21. The van der Waals surface area contributed by atoms with E-state index < -0.39 is 6.10 Å². The Morgan fingerprint density at radius 1 is 1.90 bits per heavy atom. The van der Waals surface area contributed by atoms with Crippen molar-refractivity contribution in [3.63, 3.8) is 0 Å². The summed E-state index contributed by atoms with van der Waals surface area (Å²) < 4.78 is 1.75. The number of hydrogen-bond acceptors (Lipinski definition) is 3. The highest BCUT2D eigenvalue weighted by atomic mass is 16.3. The number of aryl methyl sites for hydroxylation is 1. The molecule has 0 fully saturated rings. The topological polar surface area (TPSA) is 64.1 Å². The number of aliphatic hydroxyl groups is 1. The lowest BCUT2D eigenvalue weighted by atomic mass is 10.3. The summed E-state index contributed by atoms with van der Waals surface area (Å²) in [6, 6.07) is 0. The number of rotatable bonds is 2. The number of nitrogens with two attached hydrogens (primary N) is 1. The van der Waals surface area contributed by atoms with Crippen LogP contribution >= 0.6 is 0 Å². The van der Waals surface area contributed by atoms with E-state index in [1.54, 1.807) is 17.1 Å². The molecule has 0 radical (unpaired) electrons. The van der Waals surface area contributed by atoms with E-state index in [9.17, 15) is 5.11 Å². The third kappa shape index (κ3) is 1.17. The summed E-state index contributed by atoms with van der Waals surface area (Å²) in [5, 5.41) is 9.21. The summed E-state index contributed by atoms with van der Waals surface area (Å²) in [7, 11) is 1.82. The Labute approximate surface area is 59.3 Å². The first-order valence-corrected chi connectivity index (χ1v) is 3.10. The van der Waals surface area contributed by atoms with Crippen molar-refractivity contribution in [2.45, 2.75) is 6.10 Å². The Kier molecular flexibility index (Phi) is 2.03. The molecule has 0 aliphatic rings. The van der Waals surface area contributed by atoms with Crippen LogP contribution in [-0.2, 0) is 7.05 Å². The highest BCUT2D eigenvalue weighted by Crippen LogP contribution is 2.07. The van der Waals surface area contributed by atoms with Crippen molar-refractivity contribution in [1.29, 1.82) is 0 Å². The van der Waals surface area contributed by atoms with Crippen LogP contribution in [0.3, 0.4) is 0 Å². The molecule has 0 unspecified atom stereocenters. The van der Waals surface area contributed by atoms with Gasteiger partial charge in [-0.25, -0.2) is 4.98 Å². The normalized spacial score (nSPS) is 13.5. The first-order chi connectivity index (χ1) is 4.75. The van der Waals surface area contributed by atoms with Crippen molar-refractivity contribution >= 4 is 0 Å². The minimum Gasteiger partial charge on any atom is -0.385 e. The van der Waals surface area contributed by atoms with E-state index in [1.165, 1.54) is 0 Å². The van der Waals surface area contributed by atoms with Gasteiger partial charge in [0.1, 0.15) is 6.10 Å². The summed E-state index contributed by atoms with van der Waals surface area (Å²) in [6.07, 6.45) is 2.65. The van der Waals surface area contributed by atoms with Gasteiger partial charge in [-0.2, -0.15) is 0 Å². The molecule has 1 aromatic heterocycles. The molecule has 0 saturated carbocycles. The maximum Gasteiger partial charge on any atom is 0.108 e. The van der Waals surface area contributed by atoms with E-state index in [-0.39, 0.29) is 6.54 Å². The highest BCUT2D eigenvalue weighted by molar-refractivity contribution is 5.01. The second-order valence-electron chi connectivity index (χ2n) is 2.18. The van der Waals surface area contributed by atoms with Gasteiger partial charge < -0.3 is 15.4 Å². The van der Waals surface area contributed by atoms with Crippen LogP contribution < -0.4 is 5.73 Å². The molecule has 1 aromatic rings. The molecule has 0 spiro atoms. The molecule has 0 aliphatic carbocycles. The molecule has 10 heavy (non-hydrogen) atoms. The van der Waals surface area contributed by atoms with Crippen LogP contribution in [-0.4, -0.2) is 21.2 Å². The van der Waals surface area contributed by atoms with Crippen molar-refractivity contribution in [2.75, 3.05) is 6.54 Å². The third-order valence-electron chi connectivity index (χ3n) is 1.42. The van der Waals surface area contributed by atoms with Crippen LogP contribution in [0, 0.1) is 0 Å². The Morgan fingerprint density at radius 2 is 2.60 bits per heavy atom. The largest absolute Gasteiger partial charge is 0.385 e. The number of aromatic nitrogens is 2. The summed E-state index contributed by atoms with van der Waals surface area (Å²) in [5.41, 5.74) is 5.99. The first-order valence-electron chi connectivity index (χ1n) is 3.10. The third-order valence-corrected chi connectivity index (χ3v) is 1.42. The number of hydrogen-bond donors (Lipinski definition) is 2. The van der Waals surface area contributed by atoms with Crippen molar-refractivity contribution in [3.8, 4) is 0 Å². The van der Waals surface area contributed by atoms with E-state index in [0.29, 0.717) is 0 Å². The minimum absolute atomic E-state index is 0.236. The molecular weight excluding hydrogens is 130 g/mol. The summed E-state index contributed by atoms with van der Waals surface area (Å²) >= 11 is 0. The zero-order chi connectivity index (χ0) is 7.56. The van der Waals surface area contributed by atoms with E-state index in [0.717, 1.165) is 5.69 Å².